The third kappa shape index (κ3) is 7.63. The maximum absolute atomic E-state index is 13.4. The van der Waals surface area contributed by atoms with Crippen LogP contribution in [-0.2, 0) is 9.47 Å². The molecule has 1 unspecified atom stereocenters. The van der Waals surface area contributed by atoms with Crippen LogP contribution in [0, 0.1) is 5.92 Å². The number of carbonyl (C=O) groups is 2. The molecule has 1 heterocycles. The highest BCUT2D eigenvalue weighted by molar-refractivity contribution is 6.42. The van der Waals surface area contributed by atoms with Crippen molar-refractivity contribution >= 4 is 35.1 Å². The fraction of sp³-hybridized carbons (Fsp3) is 0.440. The van der Waals surface area contributed by atoms with E-state index in [0.29, 0.717) is 34.4 Å². The number of nitrogens with one attached hydrogen (secondary N) is 1. The molecule has 1 fully saturated rings. The van der Waals surface area contributed by atoms with Gasteiger partial charge in [-0.05, 0) is 81.5 Å². The molecule has 1 amide bonds. The summed E-state index contributed by atoms with van der Waals surface area (Å²) >= 11 is 12.2. The van der Waals surface area contributed by atoms with Gasteiger partial charge in [0.15, 0.2) is 5.78 Å². The predicted octanol–water partition coefficient (Wildman–Crippen LogP) is 6.25. The van der Waals surface area contributed by atoms with E-state index in [1.165, 1.54) is 0 Å². The smallest absolute Gasteiger partial charge is 0.408 e. The Morgan fingerprint density at radius 3 is 2.33 bits per heavy atom. The Hall–Kier alpha value is -2.28. The van der Waals surface area contributed by atoms with Crippen LogP contribution < -0.4 is 10.1 Å². The Balaban J connectivity index is 1.75. The summed E-state index contributed by atoms with van der Waals surface area (Å²) in [5.74, 6) is 0.844. The predicted molar refractivity (Wildman–Crippen MR) is 128 cm³/mol. The van der Waals surface area contributed by atoms with Crippen molar-refractivity contribution in [1.29, 1.82) is 0 Å². The van der Waals surface area contributed by atoms with Gasteiger partial charge in [-0.15, -0.1) is 0 Å². The third-order valence-corrected chi connectivity index (χ3v) is 5.90. The van der Waals surface area contributed by atoms with Crippen molar-refractivity contribution in [3.8, 4) is 5.75 Å². The summed E-state index contributed by atoms with van der Waals surface area (Å²) in [6.45, 7) is 7.40. The summed E-state index contributed by atoms with van der Waals surface area (Å²) in [7, 11) is 0. The van der Waals surface area contributed by atoms with Crippen LogP contribution in [0.25, 0.3) is 0 Å². The van der Waals surface area contributed by atoms with Crippen molar-refractivity contribution in [2.24, 2.45) is 5.92 Å². The molecule has 2 aromatic rings. The second-order valence-electron chi connectivity index (χ2n) is 9.01. The molecule has 1 aliphatic rings. The van der Waals surface area contributed by atoms with Gasteiger partial charge in [0.2, 0.25) is 0 Å². The molecule has 0 aliphatic carbocycles. The second-order valence-corrected chi connectivity index (χ2v) is 9.82. The van der Waals surface area contributed by atoms with E-state index >= 15 is 0 Å². The summed E-state index contributed by atoms with van der Waals surface area (Å²) in [5, 5.41) is 3.31. The number of hydrogen-bond acceptors (Lipinski definition) is 5. The van der Waals surface area contributed by atoms with Crippen molar-refractivity contribution < 1.29 is 23.8 Å². The molecule has 0 spiro atoms. The molecule has 0 saturated carbocycles. The van der Waals surface area contributed by atoms with E-state index in [2.05, 4.69) is 5.32 Å². The fourth-order valence-corrected chi connectivity index (χ4v) is 3.73. The zero-order valence-corrected chi connectivity index (χ0v) is 20.5. The largest absolute Gasteiger partial charge is 0.493 e. The number of rotatable bonds is 7. The summed E-state index contributed by atoms with van der Waals surface area (Å²) in [5.41, 5.74) is 0.208. The monoisotopic (exact) mass is 493 g/mol. The van der Waals surface area contributed by atoms with Crippen molar-refractivity contribution in [2.45, 2.75) is 45.3 Å². The Bertz CT molecular complexity index is 966. The van der Waals surface area contributed by atoms with Gasteiger partial charge in [0.25, 0.3) is 0 Å². The van der Waals surface area contributed by atoms with E-state index in [1.807, 2.05) is 0 Å². The second kappa shape index (κ2) is 11.2. The van der Waals surface area contributed by atoms with Gasteiger partial charge in [-0.1, -0.05) is 29.3 Å². The van der Waals surface area contributed by atoms with E-state index in [9.17, 15) is 9.59 Å². The van der Waals surface area contributed by atoms with Crippen molar-refractivity contribution in [3.05, 3.63) is 63.6 Å². The lowest BCUT2D eigenvalue weighted by Gasteiger charge is -2.24. The van der Waals surface area contributed by atoms with Gasteiger partial charge < -0.3 is 19.5 Å². The summed E-state index contributed by atoms with van der Waals surface area (Å²) < 4.78 is 16.6. The first-order chi connectivity index (χ1) is 15.6. The zero-order chi connectivity index (χ0) is 24.0. The molecule has 178 valence electrons. The van der Waals surface area contributed by atoms with E-state index in [0.717, 1.165) is 26.1 Å². The maximum Gasteiger partial charge on any atom is 0.408 e. The lowest BCUT2D eigenvalue weighted by molar-refractivity contribution is 0.0490. The number of hydrogen-bond donors (Lipinski definition) is 1. The average Bonchev–Trinajstić information content (AvgIpc) is 2.77. The summed E-state index contributed by atoms with van der Waals surface area (Å²) in [6.07, 6.45) is 1.26. The highest BCUT2D eigenvalue weighted by atomic mass is 35.5. The number of ether oxygens (including phenoxy) is 3. The van der Waals surface area contributed by atoms with Gasteiger partial charge in [-0.25, -0.2) is 4.79 Å². The molecule has 3 rings (SSSR count). The Labute approximate surface area is 204 Å². The number of Topliss-reactive ketones (excluding diaryl/α,β-unsaturated/α-hetero) is 1. The molecule has 0 radical (unpaired) electrons. The number of carbonyl (C=O) groups excluding carboxylic acids is 2. The molecule has 1 atom stereocenters. The minimum absolute atomic E-state index is 0.287. The van der Waals surface area contributed by atoms with Gasteiger partial charge in [0.1, 0.15) is 17.4 Å². The molecule has 8 heteroatoms. The highest BCUT2D eigenvalue weighted by Crippen LogP contribution is 2.28. The van der Waals surface area contributed by atoms with Gasteiger partial charge in [-0.2, -0.15) is 0 Å². The number of benzene rings is 2. The van der Waals surface area contributed by atoms with Crippen molar-refractivity contribution in [1.82, 2.24) is 5.32 Å². The minimum atomic E-state index is -0.997. The Morgan fingerprint density at radius 2 is 1.73 bits per heavy atom. The van der Waals surface area contributed by atoms with Crippen molar-refractivity contribution in [3.63, 3.8) is 0 Å². The molecule has 1 N–H and O–H groups in total. The van der Waals surface area contributed by atoms with Crippen LogP contribution in [0.3, 0.4) is 0 Å². The minimum Gasteiger partial charge on any atom is -0.493 e. The van der Waals surface area contributed by atoms with Gasteiger partial charge in [0, 0.05) is 18.8 Å². The molecule has 33 heavy (non-hydrogen) atoms. The normalized spacial score (nSPS) is 15.5. The van der Waals surface area contributed by atoms with Gasteiger partial charge in [-0.3, -0.25) is 4.79 Å². The summed E-state index contributed by atoms with van der Waals surface area (Å²) in [6, 6.07) is 10.7. The molecular formula is C25H29Cl2NO5. The van der Waals surface area contributed by atoms with Crippen LogP contribution in [-0.4, -0.2) is 37.3 Å². The lowest BCUT2D eigenvalue weighted by atomic mass is 9.97. The van der Waals surface area contributed by atoms with Crippen LogP contribution in [0.4, 0.5) is 4.79 Å². The van der Waals surface area contributed by atoms with Crippen LogP contribution in [0.2, 0.25) is 10.0 Å². The molecule has 0 bridgehead atoms. The molecular weight excluding hydrogens is 465 g/mol. The quantitative estimate of drug-likeness (QED) is 0.461. The molecule has 1 saturated heterocycles. The first-order valence-electron chi connectivity index (χ1n) is 10.9. The topological polar surface area (TPSA) is 73.9 Å². The number of alkyl carbamates (subject to hydrolysis) is 1. The van der Waals surface area contributed by atoms with Crippen LogP contribution >= 0.6 is 23.2 Å². The standard InChI is InChI=1S/C25H29Cl2NO5/c1-25(2,3)33-24(30)28-22(18-6-9-20(26)21(27)14-18)23(29)17-4-7-19(8-5-17)32-15-16-10-12-31-13-11-16/h4-9,14,16,22H,10-13,15H2,1-3H3,(H,28,30). The third-order valence-electron chi connectivity index (χ3n) is 5.17. The number of halogens is 2. The SMILES string of the molecule is CC(C)(C)OC(=O)NC(C(=O)c1ccc(OCC2CCOCC2)cc1)c1ccc(Cl)c(Cl)c1. The van der Waals surface area contributed by atoms with Gasteiger partial charge >= 0.3 is 6.09 Å². The molecule has 2 aromatic carbocycles. The van der Waals surface area contributed by atoms with Crippen molar-refractivity contribution in [2.75, 3.05) is 19.8 Å². The van der Waals surface area contributed by atoms with E-state index in [-0.39, 0.29) is 10.8 Å². The van der Waals surface area contributed by atoms with Gasteiger partial charge in [0.05, 0.1) is 16.7 Å². The van der Waals surface area contributed by atoms with E-state index < -0.39 is 17.7 Å². The Morgan fingerprint density at radius 1 is 1.06 bits per heavy atom. The molecule has 6 nitrogen and oxygen atoms in total. The highest BCUT2D eigenvalue weighted by Gasteiger charge is 2.27. The molecule has 0 aromatic heterocycles. The number of ketones is 1. The molecule has 1 aliphatic heterocycles. The van der Waals surface area contributed by atoms with E-state index in [1.54, 1.807) is 63.2 Å². The lowest BCUT2D eigenvalue weighted by Crippen LogP contribution is -2.38. The fourth-order valence-electron chi connectivity index (χ4n) is 3.43. The zero-order valence-electron chi connectivity index (χ0n) is 19.0. The number of amides is 1. The van der Waals surface area contributed by atoms with Crippen LogP contribution in [0.5, 0.6) is 5.75 Å². The van der Waals surface area contributed by atoms with Crippen LogP contribution in [0.1, 0.15) is 55.6 Å². The Kier molecular flexibility index (Phi) is 8.63. The average molecular weight is 494 g/mol. The van der Waals surface area contributed by atoms with E-state index in [4.69, 9.17) is 37.4 Å². The van der Waals surface area contributed by atoms with Crippen LogP contribution in [0.15, 0.2) is 42.5 Å². The summed E-state index contributed by atoms with van der Waals surface area (Å²) in [4.78, 5) is 25.8. The maximum atomic E-state index is 13.4. The first kappa shape index (κ1) is 25.3. The first-order valence-corrected chi connectivity index (χ1v) is 11.7.